The summed E-state index contributed by atoms with van der Waals surface area (Å²) >= 11 is 0. The Hall–Kier alpha value is -2.89. The molecule has 6 nitrogen and oxygen atoms in total. The summed E-state index contributed by atoms with van der Waals surface area (Å²) in [6.07, 6.45) is 48.0. The van der Waals surface area contributed by atoms with Crippen LogP contribution in [0.15, 0.2) is 60.8 Å². The van der Waals surface area contributed by atoms with Gasteiger partial charge in [-0.2, -0.15) is 0 Å². The monoisotopic (exact) mass is 727 g/mol. The topological polar surface area (TPSA) is 78.9 Å². The van der Waals surface area contributed by atoms with E-state index in [0.29, 0.717) is 12.8 Å². The molecule has 52 heavy (non-hydrogen) atoms. The number of esters is 3. The highest BCUT2D eigenvalue weighted by molar-refractivity contribution is 5.72. The molecule has 0 bridgehead atoms. The summed E-state index contributed by atoms with van der Waals surface area (Å²) in [4.78, 5) is 37.5. The zero-order valence-corrected chi connectivity index (χ0v) is 33.8. The number of carbonyl (C=O) groups excluding carboxylic acids is 3. The highest BCUT2D eigenvalue weighted by Crippen LogP contribution is 2.13. The van der Waals surface area contributed by atoms with Crippen LogP contribution in [0.5, 0.6) is 0 Å². The Morgan fingerprint density at radius 1 is 0.404 bits per heavy atom. The normalized spacial score (nSPS) is 12.6. The van der Waals surface area contributed by atoms with Crippen LogP contribution in [0.1, 0.15) is 194 Å². The van der Waals surface area contributed by atoms with E-state index in [9.17, 15) is 14.4 Å². The summed E-state index contributed by atoms with van der Waals surface area (Å²) in [7, 11) is 0. The number of unbranched alkanes of at least 4 members (excludes halogenated alkanes) is 17. The van der Waals surface area contributed by atoms with Crippen LogP contribution in [0.25, 0.3) is 0 Å². The molecule has 0 aliphatic heterocycles. The van der Waals surface area contributed by atoms with E-state index < -0.39 is 12.1 Å². The van der Waals surface area contributed by atoms with Crippen LogP contribution in [0.4, 0.5) is 0 Å². The Kier molecular flexibility index (Phi) is 38.6. The second kappa shape index (κ2) is 40.9. The molecule has 0 amide bonds. The number of hydrogen-bond donors (Lipinski definition) is 0. The maximum atomic E-state index is 12.6. The zero-order valence-electron chi connectivity index (χ0n) is 33.8. The second-order valence-electron chi connectivity index (χ2n) is 13.9. The van der Waals surface area contributed by atoms with Crippen molar-refractivity contribution in [1.82, 2.24) is 0 Å². The van der Waals surface area contributed by atoms with Gasteiger partial charge in [-0.3, -0.25) is 14.4 Å². The third kappa shape index (κ3) is 38.3. The van der Waals surface area contributed by atoms with E-state index in [4.69, 9.17) is 14.2 Å². The molecule has 0 heterocycles. The molecule has 1 atom stereocenters. The molecule has 0 aliphatic rings. The van der Waals surface area contributed by atoms with Crippen molar-refractivity contribution in [2.45, 2.75) is 200 Å². The lowest BCUT2D eigenvalue weighted by Crippen LogP contribution is -2.30. The Labute approximate surface area is 320 Å². The van der Waals surface area contributed by atoms with E-state index in [1.165, 1.54) is 83.5 Å². The van der Waals surface area contributed by atoms with Crippen molar-refractivity contribution in [2.24, 2.45) is 0 Å². The van der Waals surface area contributed by atoms with Crippen molar-refractivity contribution < 1.29 is 28.6 Å². The van der Waals surface area contributed by atoms with Crippen molar-refractivity contribution in [3.05, 3.63) is 60.8 Å². The minimum absolute atomic E-state index is 0.102. The van der Waals surface area contributed by atoms with Gasteiger partial charge in [-0.25, -0.2) is 0 Å². The van der Waals surface area contributed by atoms with Crippen molar-refractivity contribution in [3.63, 3.8) is 0 Å². The van der Waals surface area contributed by atoms with Gasteiger partial charge in [-0.15, -0.1) is 0 Å². The fourth-order valence-corrected chi connectivity index (χ4v) is 5.63. The van der Waals surface area contributed by atoms with Gasteiger partial charge < -0.3 is 14.2 Å². The maximum absolute atomic E-state index is 12.6. The Bertz CT molecular complexity index is 975. The first-order valence-electron chi connectivity index (χ1n) is 21.3. The minimum Gasteiger partial charge on any atom is -0.462 e. The summed E-state index contributed by atoms with van der Waals surface area (Å²) in [5, 5.41) is 0. The molecule has 0 spiro atoms. The van der Waals surface area contributed by atoms with E-state index in [1.54, 1.807) is 6.08 Å². The predicted molar refractivity (Wildman–Crippen MR) is 219 cm³/mol. The first-order valence-corrected chi connectivity index (χ1v) is 21.3. The predicted octanol–water partition coefficient (Wildman–Crippen LogP) is 13.4. The third-order valence-electron chi connectivity index (χ3n) is 8.82. The lowest BCUT2D eigenvalue weighted by Gasteiger charge is -2.18. The molecule has 0 fully saturated rings. The van der Waals surface area contributed by atoms with E-state index in [2.05, 4.69) is 69.4 Å². The van der Waals surface area contributed by atoms with E-state index in [0.717, 1.165) is 70.6 Å². The standard InChI is InChI=1S/C46H78O6/c1-4-7-10-13-16-19-21-22-23-24-25-28-30-33-36-39-45(48)51-42-43(41-50-44(47)38-35-32-29-26-18-15-12-9-6-3)52-46(49)40-37-34-31-27-20-17-14-11-8-5-2/h7,10,16,19,22-23,25,28,33,36,43H,4-6,8-9,11-15,17-18,20-21,24,26-27,29-32,34-35,37-42H2,1-3H3/b10-7-,19-16-,23-22-,28-25-,36-33-. The molecule has 0 saturated heterocycles. The number of ether oxygens (including phenoxy) is 3. The SMILES string of the molecule is CC/C=C\C/C=C\C/C=C\C/C=C\C/C=C\CC(=O)OCC(COC(=O)CCCCCCCCCCC)OC(=O)CCCCCCCCCCCC. The molecule has 0 aromatic heterocycles. The molecule has 0 radical (unpaired) electrons. The molecule has 0 aliphatic carbocycles. The average molecular weight is 727 g/mol. The highest BCUT2D eigenvalue weighted by atomic mass is 16.6. The number of hydrogen-bond acceptors (Lipinski definition) is 6. The summed E-state index contributed by atoms with van der Waals surface area (Å²) in [6, 6.07) is 0. The van der Waals surface area contributed by atoms with Gasteiger partial charge in [0.25, 0.3) is 0 Å². The van der Waals surface area contributed by atoms with Crippen LogP contribution in [0, 0.1) is 0 Å². The van der Waals surface area contributed by atoms with Gasteiger partial charge >= 0.3 is 17.9 Å². The molecular weight excluding hydrogens is 648 g/mol. The Morgan fingerprint density at radius 3 is 1.17 bits per heavy atom. The van der Waals surface area contributed by atoms with Gasteiger partial charge in [-0.05, 0) is 44.9 Å². The van der Waals surface area contributed by atoms with Crippen LogP contribution >= 0.6 is 0 Å². The minimum atomic E-state index is -0.806. The van der Waals surface area contributed by atoms with Crippen LogP contribution < -0.4 is 0 Å². The Morgan fingerprint density at radius 2 is 0.750 bits per heavy atom. The largest absolute Gasteiger partial charge is 0.462 e. The molecular formula is C46H78O6. The summed E-state index contributed by atoms with van der Waals surface area (Å²) in [6.45, 7) is 6.38. The lowest BCUT2D eigenvalue weighted by molar-refractivity contribution is -0.166. The van der Waals surface area contributed by atoms with E-state index in [-0.39, 0.29) is 31.6 Å². The smallest absolute Gasteiger partial charge is 0.309 e. The molecule has 0 aromatic rings. The number of rotatable bonds is 37. The van der Waals surface area contributed by atoms with Gasteiger partial charge in [-0.1, -0.05) is 191 Å². The Balaban J connectivity index is 4.50. The summed E-state index contributed by atoms with van der Waals surface area (Å²) < 4.78 is 16.5. The van der Waals surface area contributed by atoms with Gasteiger partial charge in [0.15, 0.2) is 6.10 Å². The van der Waals surface area contributed by atoms with Crippen LogP contribution in [-0.4, -0.2) is 37.2 Å². The third-order valence-corrected chi connectivity index (χ3v) is 8.82. The van der Waals surface area contributed by atoms with Gasteiger partial charge in [0.2, 0.25) is 0 Å². The average Bonchev–Trinajstić information content (AvgIpc) is 3.14. The molecule has 0 aromatic carbocycles. The molecule has 0 N–H and O–H groups in total. The summed E-state index contributed by atoms with van der Waals surface area (Å²) in [5.41, 5.74) is 0. The first-order chi connectivity index (χ1) is 25.5. The quantitative estimate of drug-likeness (QED) is 0.0274. The number of allylic oxidation sites excluding steroid dienone is 9. The fraction of sp³-hybridized carbons (Fsp3) is 0.717. The van der Waals surface area contributed by atoms with Crippen LogP contribution in [-0.2, 0) is 28.6 Å². The maximum Gasteiger partial charge on any atom is 0.309 e. The van der Waals surface area contributed by atoms with Crippen LogP contribution in [0.3, 0.4) is 0 Å². The molecule has 298 valence electrons. The molecule has 6 heteroatoms. The van der Waals surface area contributed by atoms with Crippen molar-refractivity contribution >= 4 is 17.9 Å². The lowest BCUT2D eigenvalue weighted by atomic mass is 10.1. The van der Waals surface area contributed by atoms with Gasteiger partial charge in [0, 0.05) is 12.8 Å². The van der Waals surface area contributed by atoms with Crippen molar-refractivity contribution in [3.8, 4) is 0 Å². The van der Waals surface area contributed by atoms with E-state index in [1.807, 2.05) is 6.08 Å². The first kappa shape index (κ1) is 49.1. The second-order valence-corrected chi connectivity index (χ2v) is 13.9. The van der Waals surface area contributed by atoms with Crippen molar-refractivity contribution in [2.75, 3.05) is 13.2 Å². The highest BCUT2D eigenvalue weighted by Gasteiger charge is 2.19. The van der Waals surface area contributed by atoms with E-state index >= 15 is 0 Å². The van der Waals surface area contributed by atoms with Gasteiger partial charge in [0.05, 0.1) is 6.42 Å². The molecule has 0 rings (SSSR count). The van der Waals surface area contributed by atoms with Crippen LogP contribution in [0.2, 0.25) is 0 Å². The zero-order chi connectivity index (χ0) is 38.0. The number of carbonyl (C=O) groups is 3. The summed E-state index contributed by atoms with van der Waals surface area (Å²) in [5.74, 6) is -1.05. The van der Waals surface area contributed by atoms with Crippen molar-refractivity contribution in [1.29, 1.82) is 0 Å². The molecule has 1 unspecified atom stereocenters. The van der Waals surface area contributed by atoms with Gasteiger partial charge in [0.1, 0.15) is 13.2 Å². The fourth-order valence-electron chi connectivity index (χ4n) is 5.63. The molecule has 0 saturated carbocycles.